The molecule has 0 aliphatic heterocycles. The zero-order valence-electron chi connectivity index (χ0n) is 8.40. The first-order valence-corrected chi connectivity index (χ1v) is 4.57. The molecule has 1 aromatic carbocycles. The van der Waals surface area contributed by atoms with E-state index in [1.165, 1.54) is 18.2 Å². The number of phenolic OH excluding ortho intramolecular Hbond substituents is 2. The molecule has 1 unspecified atom stereocenters. The van der Waals surface area contributed by atoms with E-state index in [1.54, 1.807) is 6.92 Å². The Balaban J connectivity index is 2.86. The van der Waals surface area contributed by atoms with Gasteiger partial charge in [-0.3, -0.25) is 4.79 Å². The minimum absolute atomic E-state index is 0.0373. The van der Waals surface area contributed by atoms with Crippen LogP contribution in [0.5, 0.6) is 11.5 Å². The van der Waals surface area contributed by atoms with Crippen LogP contribution in [0.25, 0.3) is 0 Å². The van der Waals surface area contributed by atoms with Gasteiger partial charge in [-0.15, -0.1) is 0 Å². The van der Waals surface area contributed by atoms with Crippen LogP contribution in [0.15, 0.2) is 18.2 Å². The molecule has 5 heteroatoms. The Kier molecular flexibility index (Phi) is 3.51. The van der Waals surface area contributed by atoms with E-state index in [0.29, 0.717) is 6.54 Å². The first kappa shape index (κ1) is 11.3. The van der Waals surface area contributed by atoms with Crippen LogP contribution in [0.2, 0.25) is 0 Å². The third-order valence-electron chi connectivity index (χ3n) is 1.96. The number of carbonyl (C=O) groups excluding carboxylic acids is 1. The van der Waals surface area contributed by atoms with Gasteiger partial charge in [0, 0.05) is 12.6 Å². The third-order valence-corrected chi connectivity index (χ3v) is 1.96. The topological polar surface area (TPSA) is 95.6 Å². The first-order valence-electron chi connectivity index (χ1n) is 4.57. The Labute approximate surface area is 87.5 Å². The number of phenols is 2. The average molecular weight is 210 g/mol. The second kappa shape index (κ2) is 4.65. The summed E-state index contributed by atoms with van der Waals surface area (Å²) in [6.07, 6.45) is 0. The lowest BCUT2D eigenvalue weighted by Crippen LogP contribution is -2.37. The number of rotatable bonds is 3. The molecule has 82 valence electrons. The molecule has 1 rings (SSSR count). The molecule has 0 heterocycles. The Hall–Kier alpha value is -1.75. The average Bonchev–Trinajstić information content (AvgIpc) is 2.21. The van der Waals surface area contributed by atoms with Crippen molar-refractivity contribution in [2.45, 2.75) is 13.0 Å². The number of amides is 1. The summed E-state index contributed by atoms with van der Waals surface area (Å²) in [4.78, 5) is 11.5. The van der Waals surface area contributed by atoms with Gasteiger partial charge in [-0.2, -0.15) is 0 Å². The fourth-order valence-corrected chi connectivity index (χ4v) is 1.07. The van der Waals surface area contributed by atoms with E-state index < -0.39 is 5.91 Å². The van der Waals surface area contributed by atoms with Crippen LogP contribution in [0, 0.1) is 0 Å². The highest BCUT2D eigenvalue weighted by atomic mass is 16.3. The predicted molar refractivity (Wildman–Crippen MR) is 55.8 cm³/mol. The van der Waals surface area contributed by atoms with Crippen LogP contribution >= 0.6 is 0 Å². The predicted octanol–water partition coefficient (Wildman–Crippen LogP) is 0.175. The monoisotopic (exact) mass is 210 g/mol. The number of carbonyl (C=O) groups is 1. The highest BCUT2D eigenvalue weighted by Crippen LogP contribution is 2.21. The van der Waals surface area contributed by atoms with Crippen LogP contribution in [0.4, 0.5) is 0 Å². The van der Waals surface area contributed by atoms with Gasteiger partial charge in [-0.25, -0.2) is 0 Å². The van der Waals surface area contributed by atoms with E-state index >= 15 is 0 Å². The van der Waals surface area contributed by atoms with Crippen molar-refractivity contribution in [3.63, 3.8) is 0 Å². The molecule has 5 N–H and O–H groups in total. The highest BCUT2D eigenvalue weighted by molar-refractivity contribution is 5.97. The summed E-state index contributed by atoms with van der Waals surface area (Å²) in [6, 6.07) is 3.59. The van der Waals surface area contributed by atoms with Crippen molar-refractivity contribution in [2.24, 2.45) is 5.73 Å². The van der Waals surface area contributed by atoms with E-state index in [-0.39, 0.29) is 23.1 Å². The molecular weight excluding hydrogens is 196 g/mol. The molecule has 15 heavy (non-hydrogen) atoms. The molecule has 0 aromatic heterocycles. The summed E-state index contributed by atoms with van der Waals surface area (Å²) in [7, 11) is 0. The van der Waals surface area contributed by atoms with Crippen molar-refractivity contribution in [1.29, 1.82) is 0 Å². The van der Waals surface area contributed by atoms with Crippen LogP contribution in [0.3, 0.4) is 0 Å². The maximum Gasteiger partial charge on any atom is 0.255 e. The summed E-state index contributed by atoms with van der Waals surface area (Å²) in [5.74, 6) is -0.700. The Morgan fingerprint density at radius 2 is 2.20 bits per heavy atom. The minimum atomic E-state index is -0.457. The molecule has 1 aromatic rings. The molecule has 0 saturated heterocycles. The quantitative estimate of drug-likeness (QED) is 0.535. The minimum Gasteiger partial charge on any atom is -0.508 e. The number of benzene rings is 1. The molecular formula is C10H14N2O3. The normalized spacial score (nSPS) is 12.1. The maximum absolute atomic E-state index is 11.5. The number of hydrogen-bond donors (Lipinski definition) is 4. The van der Waals surface area contributed by atoms with Gasteiger partial charge in [0.05, 0.1) is 5.56 Å². The van der Waals surface area contributed by atoms with Gasteiger partial charge in [-0.1, -0.05) is 0 Å². The van der Waals surface area contributed by atoms with Crippen LogP contribution in [-0.2, 0) is 0 Å². The molecule has 0 fully saturated rings. The van der Waals surface area contributed by atoms with Crippen molar-refractivity contribution >= 4 is 5.91 Å². The molecule has 0 radical (unpaired) electrons. The van der Waals surface area contributed by atoms with Gasteiger partial charge in [0.1, 0.15) is 11.5 Å². The van der Waals surface area contributed by atoms with Crippen molar-refractivity contribution in [1.82, 2.24) is 5.32 Å². The zero-order valence-corrected chi connectivity index (χ0v) is 8.40. The number of nitrogens with two attached hydrogens (primary N) is 1. The molecule has 1 amide bonds. The van der Waals surface area contributed by atoms with Gasteiger partial charge < -0.3 is 21.3 Å². The standard InChI is InChI=1S/C10H14N2O3/c1-6(5-11)12-10(15)8-4-7(13)2-3-9(8)14/h2-4,6,13-14H,5,11H2,1H3,(H,12,15). The van der Waals surface area contributed by atoms with Crippen LogP contribution < -0.4 is 11.1 Å². The van der Waals surface area contributed by atoms with Gasteiger partial charge in [-0.05, 0) is 25.1 Å². The van der Waals surface area contributed by atoms with Gasteiger partial charge >= 0.3 is 0 Å². The van der Waals surface area contributed by atoms with Crippen LogP contribution in [0.1, 0.15) is 17.3 Å². The number of aromatic hydroxyl groups is 2. The summed E-state index contributed by atoms with van der Waals surface area (Å²) in [5.41, 5.74) is 5.38. The Morgan fingerprint density at radius 1 is 1.53 bits per heavy atom. The van der Waals surface area contributed by atoms with Gasteiger partial charge in [0.2, 0.25) is 0 Å². The van der Waals surface area contributed by atoms with Gasteiger partial charge in [0.25, 0.3) is 5.91 Å². The molecule has 0 saturated carbocycles. The lowest BCUT2D eigenvalue weighted by Gasteiger charge is -2.12. The van der Waals surface area contributed by atoms with Crippen molar-refractivity contribution < 1.29 is 15.0 Å². The largest absolute Gasteiger partial charge is 0.508 e. The smallest absolute Gasteiger partial charge is 0.255 e. The van der Waals surface area contributed by atoms with E-state index in [4.69, 9.17) is 10.8 Å². The Morgan fingerprint density at radius 3 is 2.80 bits per heavy atom. The van der Waals surface area contributed by atoms with Crippen molar-refractivity contribution in [2.75, 3.05) is 6.54 Å². The summed E-state index contributed by atoms with van der Waals surface area (Å²) < 4.78 is 0. The fraction of sp³-hybridized carbons (Fsp3) is 0.300. The zero-order chi connectivity index (χ0) is 11.4. The Bertz CT molecular complexity index is 366. The SMILES string of the molecule is CC(CN)NC(=O)c1cc(O)ccc1O. The maximum atomic E-state index is 11.5. The molecule has 1 atom stereocenters. The molecule has 0 spiro atoms. The number of hydrogen-bond acceptors (Lipinski definition) is 4. The van der Waals surface area contributed by atoms with E-state index in [0.717, 1.165) is 0 Å². The van der Waals surface area contributed by atoms with Crippen LogP contribution in [-0.4, -0.2) is 28.7 Å². The van der Waals surface area contributed by atoms with E-state index in [2.05, 4.69) is 5.32 Å². The highest BCUT2D eigenvalue weighted by Gasteiger charge is 2.13. The summed E-state index contributed by atoms with van der Waals surface area (Å²) in [5, 5.41) is 21.1. The van der Waals surface area contributed by atoms with Gasteiger partial charge in [0.15, 0.2) is 0 Å². The molecule has 0 aliphatic rings. The fourth-order valence-electron chi connectivity index (χ4n) is 1.07. The van der Waals surface area contributed by atoms with Crippen molar-refractivity contribution in [3.8, 4) is 11.5 Å². The van der Waals surface area contributed by atoms with Crippen molar-refractivity contribution in [3.05, 3.63) is 23.8 Å². The van der Waals surface area contributed by atoms with E-state index in [9.17, 15) is 9.90 Å². The summed E-state index contributed by atoms with van der Waals surface area (Å²) >= 11 is 0. The third kappa shape index (κ3) is 2.85. The lowest BCUT2D eigenvalue weighted by atomic mass is 10.1. The summed E-state index contributed by atoms with van der Waals surface area (Å²) in [6.45, 7) is 2.06. The molecule has 0 bridgehead atoms. The lowest BCUT2D eigenvalue weighted by molar-refractivity contribution is 0.0938. The first-order chi connectivity index (χ1) is 7.04. The molecule has 0 aliphatic carbocycles. The molecule has 5 nitrogen and oxygen atoms in total. The second-order valence-electron chi connectivity index (χ2n) is 3.31. The number of nitrogens with one attached hydrogen (secondary N) is 1. The second-order valence-corrected chi connectivity index (χ2v) is 3.31. The van der Waals surface area contributed by atoms with E-state index in [1.807, 2.05) is 0 Å².